The van der Waals surface area contributed by atoms with Gasteiger partial charge in [0.2, 0.25) is 0 Å². The van der Waals surface area contributed by atoms with Gasteiger partial charge >= 0.3 is 0 Å². The first-order valence-electron chi connectivity index (χ1n) is 11.2. The second-order valence-corrected chi connectivity index (χ2v) is 8.85. The smallest absolute Gasteiger partial charge is 0.158 e. The number of aldehydes is 1. The first-order valence-corrected chi connectivity index (χ1v) is 11.2. The van der Waals surface area contributed by atoms with Crippen molar-refractivity contribution in [2.75, 3.05) is 6.61 Å². The van der Waals surface area contributed by atoms with Gasteiger partial charge in [-0.1, -0.05) is 41.3 Å². The van der Waals surface area contributed by atoms with E-state index in [4.69, 9.17) is 9.47 Å². The zero-order valence-corrected chi connectivity index (χ0v) is 19.2. The number of allylic oxidation sites excluding steroid dienone is 2. The van der Waals surface area contributed by atoms with Crippen molar-refractivity contribution in [3.63, 3.8) is 0 Å². The third-order valence-corrected chi connectivity index (χ3v) is 6.35. The molecule has 33 heavy (non-hydrogen) atoms. The Morgan fingerprint density at radius 2 is 2.09 bits per heavy atom. The van der Waals surface area contributed by atoms with Crippen molar-refractivity contribution in [3.8, 4) is 11.8 Å². The molecule has 0 saturated carbocycles. The van der Waals surface area contributed by atoms with Crippen LogP contribution >= 0.6 is 0 Å². The monoisotopic (exact) mass is 447 g/mol. The second kappa shape index (κ2) is 9.34. The molecule has 7 heteroatoms. The van der Waals surface area contributed by atoms with Crippen molar-refractivity contribution in [1.29, 1.82) is 0 Å². The van der Waals surface area contributed by atoms with E-state index in [1.807, 2.05) is 43.7 Å². The highest BCUT2D eigenvalue weighted by molar-refractivity contribution is 6.04. The molecule has 4 atom stereocenters. The number of imidazole rings is 1. The van der Waals surface area contributed by atoms with E-state index in [0.29, 0.717) is 17.9 Å². The summed E-state index contributed by atoms with van der Waals surface area (Å²) in [6.07, 6.45) is 10.8. The van der Waals surface area contributed by atoms with Crippen molar-refractivity contribution in [2.45, 2.75) is 58.0 Å². The van der Waals surface area contributed by atoms with Gasteiger partial charge < -0.3 is 19.2 Å². The molecule has 1 aromatic heterocycles. The Morgan fingerprint density at radius 3 is 2.76 bits per heavy atom. The fraction of sp³-hybridized carbons (Fsp3) is 0.423. The normalized spacial score (nSPS) is 28.9. The number of carbonyl (C=O) groups is 1. The van der Waals surface area contributed by atoms with Crippen LogP contribution in [0.5, 0.6) is 0 Å². The van der Waals surface area contributed by atoms with Crippen molar-refractivity contribution < 1.29 is 19.5 Å². The molecule has 1 fully saturated rings. The maximum absolute atomic E-state index is 10.9. The lowest BCUT2D eigenvalue weighted by atomic mass is 9.82. The minimum atomic E-state index is -0.787. The number of ether oxygens (including phenoxy) is 2. The van der Waals surface area contributed by atoms with E-state index < -0.39 is 11.0 Å². The summed E-state index contributed by atoms with van der Waals surface area (Å²) in [4.78, 5) is 15.4. The van der Waals surface area contributed by atoms with Crippen LogP contribution in [0.2, 0.25) is 0 Å². The van der Waals surface area contributed by atoms with Gasteiger partial charge in [-0.2, -0.15) is 0 Å². The molecule has 1 saturated heterocycles. The Balaban J connectivity index is 1.60. The van der Waals surface area contributed by atoms with Gasteiger partial charge in [-0.15, -0.1) is 0 Å². The third kappa shape index (κ3) is 4.50. The van der Waals surface area contributed by atoms with Gasteiger partial charge in [0.05, 0.1) is 5.41 Å². The van der Waals surface area contributed by atoms with E-state index in [2.05, 4.69) is 22.0 Å². The fourth-order valence-corrected chi connectivity index (χ4v) is 4.48. The molecule has 1 aromatic carbocycles. The average Bonchev–Trinajstić information content (AvgIpc) is 3.43. The van der Waals surface area contributed by atoms with Gasteiger partial charge in [-0.3, -0.25) is 4.79 Å². The van der Waals surface area contributed by atoms with Crippen molar-refractivity contribution in [2.24, 2.45) is 10.6 Å². The molecule has 172 valence electrons. The predicted molar refractivity (Wildman–Crippen MR) is 124 cm³/mol. The number of oxime groups is 1. The zero-order valence-electron chi connectivity index (χ0n) is 19.2. The molecule has 2 aromatic rings. The predicted octanol–water partition coefficient (Wildman–Crippen LogP) is 4.47. The van der Waals surface area contributed by atoms with Gasteiger partial charge in [0.15, 0.2) is 6.29 Å². The van der Waals surface area contributed by atoms with E-state index >= 15 is 0 Å². The molecule has 1 aliphatic heterocycles. The van der Waals surface area contributed by atoms with Gasteiger partial charge in [0, 0.05) is 30.1 Å². The SMILES string of the molecule is C[C@H](OC1CCCCO1)c1nccn1C1(C)C=CC(C)(C#Cc2ccc(C=O)cc2)/C1=N\O. The molecule has 3 unspecified atom stereocenters. The minimum absolute atomic E-state index is 0.237. The Labute approximate surface area is 194 Å². The number of carbonyl (C=O) groups excluding carboxylic acids is 1. The van der Waals surface area contributed by atoms with E-state index in [1.165, 1.54) is 0 Å². The standard InChI is InChI=1S/C26H29N3O4/c1-19(33-22-6-4-5-17-32-22)23-27-15-16-29(23)26(3)14-13-25(2,24(26)28-31)12-11-20-7-9-21(18-30)10-8-20/h7-10,13-16,18-19,22,31H,4-6,17H2,1-3H3/b28-24+/t19-,22?,25?,26?/m0/s1. The van der Waals surface area contributed by atoms with Crippen molar-refractivity contribution >= 4 is 12.0 Å². The number of hydrogen-bond acceptors (Lipinski definition) is 6. The lowest BCUT2D eigenvalue weighted by Gasteiger charge is -2.32. The van der Waals surface area contributed by atoms with Gasteiger partial charge in [0.25, 0.3) is 0 Å². The molecule has 0 amide bonds. The highest BCUT2D eigenvalue weighted by Gasteiger charge is 2.47. The minimum Gasteiger partial charge on any atom is -0.411 e. The molecule has 1 aliphatic carbocycles. The Kier molecular flexibility index (Phi) is 6.50. The van der Waals surface area contributed by atoms with Crippen LogP contribution in [-0.4, -0.2) is 39.7 Å². The molecule has 4 rings (SSSR count). The van der Waals surface area contributed by atoms with Gasteiger partial charge in [-0.25, -0.2) is 4.98 Å². The third-order valence-electron chi connectivity index (χ3n) is 6.35. The topological polar surface area (TPSA) is 85.9 Å². The first-order chi connectivity index (χ1) is 15.9. The van der Waals surface area contributed by atoms with Crippen LogP contribution < -0.4 is 0 Å². The summed E-state index contributed by atoms with van der Waals surface area (Å²) in [5.41, 5.74) is 0.313. The van der Waals surface area contributed by atoms with Crippen LogP contribution in [0.15, 0.2) is 54.0 Å². The van der Waals surface area contributed by atoms with E-state index in [9.17, 15) is 10.0 Å². The largest absolute Gasteiger partial charge is 0.411 e. The molecular formula is C26H29N3O4. The van der Waals surface area contributed by atoms with Crippen LogP contribution in [0, 0.1) is 17.3 Å². The molecule has 1 N–H and O–H groups in total. The molecule has 0 bridgehead atoms. The Hall–Kier alpha value is -3.21. The van der Waals surface area contributed by atoms with Crippen molar-refractivity contribution in [1.82, 2.24) is 9.55 Å². The highest BCUT2D eigenvalue weighted by atomic mass is 16.7. The lowest BCUT2D eigenvalue weighted by molar-refractivity contribution is -0.188. The second-order valence-electron chi connectivity index (χ2n) is 8.85. The quantitative estimate of drug-likeness (QED) is 0.240. The Bertz CT molecular complexity index is 1120. The van der Waals surface area contributed by atoms with Crippen molar-refractivity contribution in [3.05, 3.63) is 65.8 Å². The fourth-order valence-electron chi connectivity index (χ4n) is 4.48. The molecule has 0 spiro atoms. The maximum Gasteiger partial charge on any atom is 0.158 e. The van der Waals surface area contributed by atoms with E-state index in [1.54, 1.807) is 30.5 Å². The summed E-state index contributed by atoms with van der Waals surface area (Å²) < 4.78 is 13.8. The summed E-state index contributed by atoms with van der Waals surface area (Å²) in [5.74, 6) is 7.11. The van der Waals surface area contributed by atoms with Crippen LogP contribution in [0.3, 0.4) is 0 Å². The molecule has 2 aliphatic rings. The summed E-state index contributed by atoms with van der Waals surface area (Å²) in [7, 11) is 0. The van der Waals surface area contributed by atoms with Gasteiger partial charge in [-0.05, 0) is 52.2 Å². The first kappa shape index (κ1) is 23.0. The summed E-state index contributed by atoms with van der Waals surface area (Å²) in [5, 5.41) is 13.7. The number of nitrogens with zero attached hydrogens (tertiary/aromatic N) is 3. The average molecular weight is 448 g/mol. The van der Waals surface area contributed by atoms with Crippen LogP contribution in [-0.2, 0) is 15.0 Å². The maximum atomic E-state index is 10.9. The summed E-state index contributed by atoms with van der Waals surface area (Å²) in [6.45, 7) is 6.56. The van der Waals surface area contributed by atoms with Crippen LogP contribution in [0.25, 0.3) is 0 Å². The number of aromatic nitrogens is 2. The molecule has 7 nitrogen and oxygen atoms in total. The lowest BCUT2D eigenvalue weighted by Crippen LogP contribution is -2.41. The Morgan fingerprint density at radius 1 is 1.30 bits per heavy atom. The highest BCUT2D eigenvalue weighted by Crippen LogP contribution is 2.41. The summed E-state index contributed by atoms with van der Waals surface area (Å²) >= 11 is 0. The number of rotatable bonds is 5. The zero-order chi connectivity index (χ0) is 23.5. The summed E-state index contributed by atoms with van der Waals surface area (Å²) in [6, 6.07) is 7.05. The molecular weight excluding hydrogens is 418 g/mol. The number of hydrogen-bond donors (Lipinski definition) is 1. The van der Waals surface area contributed by atoms with Crippen LogP contribution in [0.4, 0.5) is 0 Å². The molecule has 2 heterocycles. The van der Waals surface area contributed by atoms with E-state index in [-0.39, 0.29) is 12.4 Å². The van der Waals surface area contributed by atoms with Gasteiger partial charge in [0.1, 0.15) is 29.5 Å². The molecule has 0 radical (unpaired) electrons. The van der Waals surface area contributed by atoms with E-state index in [0.717, 1.165) is 36.9 Å². The van der Waals surface area contributed by atoms with Crippen LogP contribution in [0.1, 0.15) is 67.9 Å². The number of benzene rings is 1.